The molecule has 0 saturated carbocycles. The summed E-state index contributed by atoms with van der Waals surface area (Å²) in [6.07, 6.45) is 4.50. The number of carbonyl (C=O) groups excluding carboxylic acids is 1. The SMILES string of the molecule is Cc1ccc([C@H]2CC(=O)c3cn4ncnc4nc3C2)cc1. The first-order valence-corrected chi connectivity index (χ1v) is 7.00. The van der Waals surface area contributed by atoms with Crippen LogP contribution in [0.4, 0.5) is 0 Å². The lowest BCUT2D eigenvalue weighted by Gasteiger charge is -2.23. The zero-order valence-electron chi connectivity index (χ0n) is 11.7. The second kappa shape index (κ2) is 4.48. The van der Waals surface area contributed by atoms with Crippen molar-refractivity contribution in [1.82, 2.24) is 19.6 Å². The third kappa shape index (κ3) is 2.01. The fourth-order valence-electron chi connectivity index (χ4n) is 2.89. The van der Waals surface area contributed by atoms with Gasteiger partial charge in [-0.3, -0.25) is 4.79 Å². The van der Waals surface area contributed by atoms with Crippen molar-refractivity contribution in [1.29, 1.82) is 0 Å². The standard InChI is InChI=1S/C16H14N4O/c1-10-2-4-11(5-3-10)12-6-14-13(15(21)7-12)8-20-16(19-14)17-9-18-20/h2-5,8-9,12H,6-7H2,1H3/t12-/m1/s1. The van der Waals surface area contributed by atoms with E-state index in [1.807, 2.05) is 0 Å². The van der Waals surface area contributed by atoms with Crippen molar-refractivity contribution in [2.45, 2.75) is 25.7 Å². The molecule has 1 atom stereocenters. The summed E-state index contributed by atoms with van der Waals surface area (Å²) in [5.41, 5.74) is 3.93. The number of benzene rings is 1. The number of aromatic nitrogens is 4. The van der Waals surface area contributed by atoms with Gasteiger partial charge in [-0.2, -0.15) is 10.1 Å². The van der Waals surface area contributed by atoms with Crippen molar-refractivity contribution in [3.8, 4) is 0 Å². The van der Waals surface area contributed by atoms with Crippen LogP contribution in [0.25, 0.3) is 5.78 Å². The van der Waals surface area contributed by atoms with Crippen molar-refractivity contribution in [3.63, 3.8) is 0 Å². The second-order valence-corrected chi connectivity index (χ2v) is 5.54. The quantitative estimate of drug-likeness (QED) is 0.685. The van der Waals surface area contributed by atoms with Crippen LogP contribution in [0, 0.1) is 6.92 Å². The van der Waals surface area contributed by atoms with Gasteiger partial charge >= 0.3 is 0 Å². The third-order valence-electron chi connectivity index (χ3n) is 4.07. The maximum Gasteiger partial charge on any atom is 0.252 e. The summed E-state index contributed by atoms with van der Waals surface area (Å²) in [7, 11) is 0. The maximum absolute atomic E-state index is 12.4. The molecule has 1 aromatic carbocycles. The van der Waals surface area contributed by atoms with E-state index in [4.69, 9.17) is 0 Å². The largest absolute Gasteiger partial charge is 0.294 e. The highest BCUT2D eigenvalue weighted by atomic mass is 16.1. The number of Topliss-reactive ketones (excluding diaryl/α,β-unsaturated/α-hetero) is 1. The van der Waals surface area contributed by atoms with E-state index in [-0.39, 0.29) is 11.7 Å². The molecule has 104 valence electrons. The van der Waals surface area contributed by atoms with E-state index < -0.39 is 0 Å². The first-order chi connectivity index (χ1) is 10.2. The zero-order valence-corrected chi connectivity index (χ0v) is 11.7. The molecule has 5 nitrogen and oxygen atoms in total. The molecular weight excluding hydrogens is 264 g/mol. The Morgan fingerprint density at radius 2 is 2.00 bits per heavy atom. The van der Waals surface area contributed by atoms with E-state index in [0.29, 0.717) is 17.8 Å². The van der Waals surface area contributed by atoms with Crippen molar-refractivity contribution < 1.29 is 4.79 Å². The first kappa shape index (κ1) is 12.2. The van der Waals surface area contributed by atoms with Gasteiger partial charge in [-0.05, 0) is 24.8 Å². The molecule has 0 N–H and O–H groups in total. The minimum Gasteiger partial charge on any atom is -0.294 e. The number of ketones is 1. The highest BCUT2D eigenvalue weighted by molar-refractivity contribution is 5.98. The molecule has 0 spiro atoms. The van der Waals surface area contributed by atoms with Gasteiger partial charge in [0.25, 0.3) is 5.78 Å². The summed E-state index contributed by atoms with van der Waals surface area (Å²) in [4.78, 5) is 21.0. The van der Waals surface area contributed by atoms with Gasteiger partial charge in [0.2, 0.25) is 0 Å². The van der Waals surface area contributed by atoms with Crippen LogP contribution in [-0.2, 0) is 6.42 Å². The smallest absolute Gasteiger partial charge is 0.252 e. The number of hydrogen-bond acceptors (Lipinski definition) is 4. The van der Waals surface area contributed by atoms with Crippen LogP contribution in [0.2, 0.25) is 0 Å². The maximum atomic E-state index is 12.4. The van der Waals surface area contributed by atoms with Crippen LogP contribution in [0.3, 0.4) is 0 Å². The molecule has 3 aromatic rings. The van der Waals surface area contributed by atoms with Crippen LogP contribution in [0.15, 0.2) is 36.8 Å². The number of aryl methyl sites for hydroxylation is 1. The van der Waals surface area contributed by atoms with Crippen LogP contribution < -0.4 is 0 Å². The molecule has 1 aliphatic rings. The zero-order chi connectivity index (χ0) is 14.4. The van der Waals surface area contributed by atoms with Gasteiger partial charge in [-0.1, -0.05) is 29.8 Å². The molecule has 2 aromatic heterocycles. The number of nitrogens with zero attached hydrogens (tertiary/aromatic N) is 4. The van der Waals surface area contributed by atoms with Crippen molar-refractivity contribution >= 4 is 11.6 Å². The van der Waals surface area contributed by atoms with E-state index in [1.54, 1.807) is 10.7 Å². The average molecular weight is 278 g/mol. The highest BCUT2D eigenvalue weighted by Crippen LogP contribution is 2.31. The van der Waals surface area contributed by atoms with Crippen LogP contribution >= 0.6 is 0 Å². The fraction of sp³-hybridized carbons (Fsp3) is 0.250. The summed E-state index contributed by atoms with van der Waals surface area (Å²) in [5.74, 6) is 0.876. The summed E-state index contributed by atoms with van der Waals surface area (Å²) in [6.45, 7) is 2.06. The van der Waals surface area contributed by atoms with Gasteiger partial charge in [0.1, 0.15) is 6.33 Å². The number of fused-ring (bicyclic) bond motifs is 2. The molecule has 0 unspecified atom stereocenters. The summed E-state index contributed by atoms with van der Waals surface area (Å²) in [5, 5.41) is 4.04. The molecular formula is C16H14N4O. The molecule has 0 bridgehead atoms. The third-order valence-corrected chi connectivity index (χ3v) is 4.07. The summed E-state index contributed by atoms with van der Waals surface area (Å²) >= 11 is 0. The lowest BCUT2D eigenvalue weighted by molar-refractivity contribution is 0.0962. The second-order valence-electron chi connectivity index (χ2n) is 5.54. The molecule has 0 radical (unpaired) electrons. The Morgan fingerprint density at radius 1 is 1.19 bits per heavy atom. The molecule has 2 heterocycles. The Labute approximate surface area is 121 Å². The van der Waals surface area contributed by atoms with Gasteiger partial charge < -0.3 is 0 Å². The van der Waals surface area contributed by atoms with Crippen LogP contribution in [-0.4, -0.2) is 25.4 Å². The van der Waals surface area contributed by atoms with Gasteiger partial charge in [0.05, 0.1) is 11.3 Å². The molecule has 4 rings (SSSR count). The van der Waals surface area contributed by atoms with Crippen LogP contribution in [0.1, 0.15) is 39.5 Å². The number of carbonyl (C=O) groups is 1. The molecule has 0 fully saturated rings. The Hall–Kier alpha value is -2.56. The van der Waals surface area contributed by atoms with Crippen molar-refractivity contribution in [2.24, 2.45) is 0 Å². The van der Waals surface area contributed by atoms with Crippen molar-refractivity contribution in [2.75, 3.05) is 0 Å². The number of hydrogen-bond donors (Lipinski definition) is 0. The molecule has 0 aliphatic heterocycles. The van der Waals surface area contributed by atoms with Gasteiger partial charge in [0, 0.05) is 12.6 Å². The van der Waals surface area contributed by atoms with Gasteiger partial charge in [-0.15, -0.1) is 0 Å². The molecule has 1 aliphatic carbocycles. The molecule has 21 heavy (non-hydrogen) atoms. The minimum absolute atomic E-state index is 0.131. The first-order valence-electron chi connectivity index (χ1n) is 7.00. The Bertz CT molecular complexity index is 835. The molecule has 5 heteroatoms. The predicted octanol–water partition coefficient (Wildman–Crippen LogP) is 2.35. The fourth-order valence-corrected chi connectivity index (χ4v) is 2.89. The lowest BCUT2D eigenvalue weighted by Crippen LogP contribution is -2.21. The van der Waals surface area contributed by atoms with Crippen molar-refractivity contribution in [3.05, 3.63) is 59.2 Å². The Balaban J connectivity index is 1.76. The lowest BCUT2D eigenvalue weighted by atomic mass is 9.82. The summed E-state index contributed by atoms with van der Waals surface area (Å²) < 4.78 is 1.56. The van der Waals surface area contributed by atoms with Crippen LogP contribution in [0.5, 0.6) is 0 Å². The predicted molar refractivity (Wildman–Crippen MR) is 77.4 cm³/mol. The van der Waals surface area contributed by atoms with E-state index in [9.17, 15) is 4.79 Å². The molecule has 0 amide bonds. The highest BCUT2D eigenvalue weighted by Gasteiger charge is 2.28. The minimum atomic E-state index is 0.131. The topological polar surface area (TPSA) is 60.2 Å². The van der Waals surface area contributed by atoms with Gasteiger partial charge in [-0.25, -0.2) is 9.50 Å². The summed E-state index contributed by atoms with van der Waals surface area (Å²) in [6, 6.07) is 8.39. The van der Waals surface area contributed by atoms with Gasteiger partial charge in [0.15, 0.2) is 5.78 Å². The monoisotopic (exact) mass is 278 g/mol. The average Bonchev–Trinajstić information content (AvgIpc) is 2.93. The Kier molecular flexibility index (Phi) is 2.60. The number of rotatable bonds is 1. The van der Waals surface area contributed by atoms with E-state index in [2.05, 4.69) is 46.3 Å². The van der Waals surface area contributed by atoms with E-state index in [1.165, 1.54) is 17.5 Å². The molecule has 0 saturated heterocycles. The normalized spacial score (nSPS) is 18.0. The van der Waals surface area contributed by atoms with E-state index in [0.717, 1.165) is 12.1 Å². The Morgan fingerprint density at radius 3 is 2.81 bits per heavy atom. The van der Waals surface area contributed by atoms with E-state index >= 15 is 0 Å².